The molecular formula is C10H16BrN3OS. The van der Waals surface area contributed by atoms with E-state index >= 15 is 0 Å². The van der Waals surface area contributed by atoms with Crippen molar-refractivity contribution in [2.75, 3.05) is 18.6 Å². The van der Waals surface area contributed by atoms with Gasteiger partial charge in [-0.2, -0.15) is 11.8 Å². The summed E-state index contributed by atoms with van der Waals surface area (Å²) in [5.74, 6) is 3.15. The minimum atomic E-state index is 0.443. The van der Waals surface area contributed by atoms with Gasteiger partial charge in [-0.05, 0) is 28.1 Å². The minimum absolute atomic E-state index is 0.443. The fourth-order valence-corrected chi connectivity index (χ4v) is 2.21. The largest absolute Gasteiger partial charge is 0.383 e. The van der Waals surface area contributed by atoms with Crippen LogP contribution in [0, 0.1) is 0 Å². The fraction of sp³-hybridized carbons (Fsp3) is 0.600. The molecule has 0 amide bonds. The van der Waals surface area contributed by atoms with Gasteiger partial charge in [0.2, 0.25) is 0 Å². The number of rotatable bonds is 6. The summed E-state index contributed by atoms with van der Waals surface area (Å²) >= 11 is 5.17. The predicted molar refractivity (Wildman–Crippen MR) is 71.3 cm³/mol. The number of hydrogen-bond acceptors (Lipinski definition) is 5. The van der Waals surface area contributed by atoms with Crippen LogP contribution in [0.1, 0.15) is 24.9 Å². The normalized spacial score (nSPS) is 10.7. The average molecular weight is 306 g/mol. The molecule has 1 heterocycles. The number of hydrogen-bond donors (Lipinski definition) is 1. The molecule has 90 valence electrons. The van der Waals surface area contributed by atoms with Crippen LogP contribution in [-0.2, 0) is 17.1 Å². The fourth-order valence-electron chi connectivity index (χ4n) is 1.17. The van der Waals surface area contributed by atoms with Gasteiger partial charge in [-0.25, -0.2) is 9.97 Å². The van der Waals surface area contributed by atoms with Gasteiger partial charge in [0.05, 0.1) is 22.5 Å². The molecule has 0 radical (unpaired) electrons. The third-order valence-corrected chi connectivity index (χ3v) is 3.88. The maximum Gasteiger partial charge on any atom is 0.141 e. The molecule has 0 aliphatic rings. The van der Waals surface area contributed by atoms with Crippen molar-refractivity contribution in [1.29, 1.82) is 0 Å². The summed E-state index contributed by atoms with van der Waals surface area (Å²) in [4.78, 5) is 8.64. The summed E-state index contributed by atoms with van der Waals surface area (Å²) in [5, 5.41) is 0. The highest BCUT2D eigenvalue weighted by molar-refractivity contribution is 9.10. The molecule has 0 aliphatic heterocycles. The first-order chi connectivity index (χ1) is 7.69. The summed E-state index contributed by atoms with van der Waals surface area (Å²) in [6.07, 6.45) is 1.15. The van der Waals surface area contributed by atoms with Crippen molar-refractivity contribution in [1.82, 2.24) is 9.97 Å². The average Bonchev–Trinajstić information content (AvgIpc) is 2.26. The summed E-state index contributed by atoms with van der Waals surface area (Å²) in [6.45, 7) is 2.60. The van der Waals surface area contributed by atoms with Crippen LogP contribution in [0.15, 0.2) is 4.47 Å². The highest BCUT2D eigenvalue weighted by atomic mass is 79.9. The minimum Gasteiger partial charge on any atom is -0.383 e. The van der Waals surface area contributed by atoms with Gasteiger partial charge < -0.3 is 10.5 Å². The van der Waals surface area contributed by atoms with E-state index in [1.54, 1.807) is 7.11 Å². The van der Waals surface area contributed by atoms with Gasteiger partial charge in [0.1, 0.15) is 11.6 Å². The number of halogens is 1. The van der Waals surface area contributed by atoms with Crippen molar-refractivity contribution in [2.24, 2.45) is 0 Å². The Labute approximate surface area is 109 Å². The van der Waals surface area contributed by atoms with E-state index < -0.39 is 0 Å². The van der Waals surface area contributed by atoms with Crippen LogP contribution in [0.4, 0.5) is 5.82 Å². The highest BCUT2D eigenvalue weighted by Crippen LogP contribution is 2.23. The summed E-state index contributed by atoms with van der Waals surface area (Å²) in [5.41, 5.74) is 6.60. The molecular weight excluding hydrogens is 290 g/mol. The number of anilines is 1. The molecule has 6 heteroatoms. The highest BCUT2D eigenvalue weighted by Gasteiger charge is 2.09. The van der Waals surface area contributed by atoms with Gasteiger partial charge in [0, 0.05) is 7.11 Å². The second-order valence-corrected chi connectivity index (χ2v) is 5.17. The van der Waals surface area contributed by atoms with Gasteiger partial charge in [-0.15, -0.1) is 0 Å². The van der Waals surface area contributed by atoms with Crippen LogP contribution in [-0.4, -0.2) is 22.8 Å². The number of ether oxygens (including phenoxy) is 1. The van der Waals surface area contributed by atoms with Crippen molar-refractivity contribution in [3.63, 3.8) is 0 Å². The standard InChI is InChI=1S/C10H16BrN3OS/c1-3-4-16-6-8-13-7(5-15-2)9(11)10(12)14-8/h3-6H2,1-2H3,(H2,12,13,14). The van der Waals surface area contributed by atoms with E-state index in [9.17, 15) is 0 Å². The van der Waals surface area contributed by atoms with E-state index in [1.165, 1.54) is 0 Å². The van der Waals surface area contributed by atoms with Crippen LogP contribution in [0.2, 0.25) is 0 Å². The zero-order valence-electron chi connectivity index (χ0n) is 9.49. The van der Waals surface area contributed by atoms with Gasteiger partial charge in [-0.1, -0.05) is 6.92 Å². The Morgan fingerprint density at radius 3 is 2.81 bits per heavy atom. The number of methoxy groups -OCH3 is 1. The van der Waals surface area contributed by atoms with E-state index in [-0.39, 0.29) is 0 Å². The van der Waals surface area contributed by atoms with Crippen molar-refractivity contribution < 1.29 is 4.74 Å². The lowest BCUT2D eigenvalue weighted by atomic mass is 10.4. The Morgan fingerprint density at radius 1 is 1.44 bits per heavy atom. The lowest BCUT2D eigenvalue weighted by Crippen LogP contribution is -2.05. The van der Waals surface area contributed by atoms with Crippen LogP contribution in [0.25, 0.3) is 0 Å². The maximum absolute atomic E-state index is 5.79. The Kier molecular flexibility index (Phi) is 6.08. The predicted octanol–water partition coefficient (Wildman–Crippen LogP) is 2.61. The summed E-state index contributed by atoms with van der Waals surface area (Å²) < 4.78 is 5.80. The van der Waals surface area contributed by atoms with Crippen molar-refractivity contribution in [3.05, 3.63) is 16.0 Å². The Hall–Kier alpha value is -0.330. The molecule has 1 aromatic rings. The van der Waals surface area contributed by atoms with Crippen molar-refractivity contribution in [2.45, 2.75) is 25.7 Å². The Morgan fingerprint density at radius 2 is 2.19 bits per heavy atom. The molecule has 1 aromatic heterocycles. The molecule has 0 saturated heterocycles. The smallest absolute Gasteiger partial charge is 0.141 e. The van der Waals surface area contributed by atoms with E-state index in [0.29, 0.717) is 12.4 Å². The topological polar surface area (TPSA) is 61.0 Å². The molecule has 4 nitrogen and oxygen atoms in total. The van der Waals surface area contributed by atoms with Gasteiger partial charge >= 0.3 is 0 Å². The Balaban J connectivity index is 2.77. The maximum atomic E-state index is 5.79. The van der Waals surface area contributed by atoms with E-state index in [2.05, 4.69) is 32.8 Å². The molecule has 0 aliphatic carbocycles. The first kappa shape index (κ1) is 13.7. The Bertz CT molecular complexity index is 349. The molecule has 0 unspecified atom stereocenters. The molecule has 0 spiro atoms. The molecule has 1 rings (SSSR count). The van der Waals surface area contributed by atoms with Gasteiger partial charge in [0.25, 0.3) is 0 Å². The number of thioether (sulfide) groups is 1. The molecule has 16 heavy (non-hydrogen) atoms. The third-order valence-electron chi connectivity index (χ3n) is 1.85. The van der Waals surface area contributed by atoms with Crippen LogP contribution >= 0.6 is 27.7 Å². The van der Waals surface area contributed by atoms with E-state index in [0.717, 1.165) is 33.9 Å². The number of nitrogens with two attached hydrogens (primary N) is 1. The molecule has 0 fully saturated rings. The van der Waals surface area contributed by atoms with Gasteiger partial charge in [0.15, 0.2) is 0 Å². The van der Waals surface area contributed by atoms with Crippen LogP contribution in [0.5, 0.6) is 0 Å². The first-order valence-electron chi connectivity index (χ1n) is 5.06. The zero-order chi connectivity index (χ0) is 12.0. The second kappa shape index (κ2) is 7.09. The molecule has 2 N–H and O–H groups in total. The zero-order valence-corrected chi connectivity index (χ0v) is 11.9. The van der Waals surface area contributed by atoms with Crippen molar-refractivity contribution in [3.8, 4) is 0 Å². The summed E-state index contributed by atoms with van der Waals surface area (Å²) in [6, 6.07) is 0. The number of aromatic nitrogens is 2. The van der Waals surface area contributed by atoms with E-state index in [4.69, 9.17) is 10.5 Å². The second-order valence-electron chi connectivity index (χ2n) is 3.27. The summed E-state index contributed by atoms with van der Waals surface area (Å²) in [7, 11) is 1.64. The monoisotopic (exact) mass is 305 g/mol. The quantitative estimate of drug-likeness (QED) is 0.819. The first-order valence-corrected chi connectivity index (χ1v) is 7.01. The van der Waals surface area contributed by atoms with Crippen LogP contribution in [0.3, 0.4) is 0 Å². The van der Waals surface area contributed by atoms with Crippen LogP contribution < -0.4 is 5.73 Å². The van der Waals surface area contributed by atoms with E-state index in [1.807, 2.05) is 11.8 Å². The number of nitrogen functional groups attached to an aromatic ring is 1. The molecule has 0 saturated carbocycles. The number of nitrogens with zero attached hydrogens (tertiary/aromatic N) is 2. The molecule has 0 bridgehead atoms. The SMILES string of the molecule is CCCSCc1nc(N)c(Br)c(COC)n1. The third kappa shape index (κ3) is 3.92. The van der Waals surface area contributed by atoms with Crippen molar-refractivity contribution >= 4 is 33.5 Å². The van der Waals surface area contributed by atoms with Gasteiger partial charge in [-0.3, -0.25) is 0 Å². The molecule has 0 aromatic carbocycles. The lowest BCUT2D eigenvalue weighted by Gasteiger charge is -2.07. The molecule has 0 atom stereocenters. The lowest BCUT2D eigenvalue weighted by molar-refractivity contribution is 0.180.